The van der Waals surface area contributed by atoms with Crippen molar-refractivity contribution in [2.45, 2.75) is 6.54 Å². The molecule has 3 nitrogen and oxygen atoms in total. The Morgan fingerprint density at radius 1 is 1.22 bits per heavy atom. The second-order valence-electron chi connectivity index (χ2n) is 4.09. The van der Waals surface area contributed by atoms with Crippen molar-refractivity contribution >= 4 is 33.6 Å². The number of nitrogens with two attached hydrogens (primary N) is 1. The molecule has 0 atom stereocenters. The van der Waals surface area contributed by atoms with E-state index in [1.807, 2.05) is 24.3 Å². The van der Waals surface area contributed by atoms with E-state index < -0.39 is 0 Å². The van der Waals surface area contributed by atoms with Crippen LogP contribution in [0.5, 0.6) is 0 Å². The summed E-state index contributed by atoms with van der Waals surface area (Å²) >= 11 is 1.70. The van der Waals surface area contributed by atoms with E-state index in [2.05, 4.69) is 27.1 Å². The average molecular weight is 255 g/mol. The number of hydrogen-bond acceptors (Lipinski definition) is 4. The van der Waals surface area contributed by atoms with Gasteiger partial charge >= 0.3 is 0 Å². The van der Waals surface area contributed by atoms with Gasteiger partial charge in [0.1, 0.15) is 0 Å². The first-order chi connectivity index (χ1) is 8.84. The second-order valence-corrected chi connectivity index (χ2v) is 4.87. The first kappa shape index (κ1) is 11.0. The molecule has 0 saturated heterocycles. The van der Waals surface area contributed by atoms with Gasteiger partial charge in [0.25, 0.3) is 0 Å². The molecule has 0 fully saturated rings. The summed E-state index contributed by atoms with van der Waals surface area (Å²) < 4.78 is 0. The van der Waals surface area contributed by atoms with Gasteiger partial charge in [0, 0.05) is 11.9 Å². The lowest BCUT2D eigenvalue weighted by Crippen LogP contribution is -2.03. The average Bonchev–Trinajstić information content (AvgIpc) is 2.91. The fourth-order valence-electron chi connectivity index (χ4n) is 1.94. The summed E-state index contributed by atoms with van der Waals surface area (Å²) in [4.78, 5) is 4.32. The van der Waals surface area contributed by atoms with Crippen molar-refractivity contribution in [3.8, 4) is 0 Å². The largest absolute Gasteiger partial charge is 0.396 e. The Balaban J connectivity index is 1.97. The predicted molar refractivity (Wildman–Crippen MR) is 77.8 cm³/mol. The minimum Gasteiger partial charge on any atom is -0.396 e. The molecule has 2 aromatic heterocycles. The number of hydrogen-bond donors (Lipinski definition) is 2. The van der Waals surface area contributed by atoms with Crippen LogP contribution in [-0.4, -0.2) is 4.98 Å². The van der Waals surface area contributed by atoms with Gasteiger partial charge in [0.2, 0.25) is 0 Å². The molecule has 0 radical (unpaired) electrons. The lowest BCUT2D eigenvalue weighted by Gasteiger charge is -2.11. The molecule has 0 aliphatic heterocycles. The summed E-state index contributed by atoms with van der Waals surface area (Å²) in [5.74, 6) is 0. The quantitative estimate of drug-likeness (QED) is 0.753. The number of anilines is 2. The number of aromatic nitrogens is 1. The number of pyridine rings is 1. The summed E-state index contributed by atoms with van der Waals surface area (Å²) in [5.41, 5.74) is 9.87. The molecule has 3 aromatic rings. The molecule has 0 saturated carbocycles. The molecule has 2 heterocycles. The molecule has 4 heteroatoms. The van der Waals surface area contributed by atoms with Gasteiger partial charge in [-0.15, -0.1) is 0 Å². The van der Waals surface area contributed by atoms with Crippen LogP contribution in [0.1, 0.15) is 5.56 Å². The fraction of sp³-hybridized carbons (Fsp3) is 0.0714. The van der Waals surface area contributed by atoms with Crippen LogP contribution in [0, 0.1) is 0 Å². The van der Waals surface area contributed by atoms with E-state index in [4.69, 9.17) is 5.73 Å². The van der Waals surface area contributed by atoms with Crippen LogP contribution >= 0.6 is 11.3 Å². The van der Waals surface area contributed by atoms with E-state index in [0.717, 1.165) is 23.1 Å². The van der Waals surface area contributed by atoms with Gasteiger partial charge in [0.05, 0.1) is 23.1 Å². The van der Waals surface area contributed by atoms with Crippen LogP contribution in [0.15, 0.2) is 47.3 Å². The van der Waals surface area contributed by atoms with Crippen LogP contribution < -0.4 is 11.1 Å². The zero-order valence-electron chi connectivity index (χ0n) is 9.76. The fourth-order valence-corrected chi connectivity index (χ4v) is 2.61. The smallest absolute Gasteiger partial charge is 0.0743 e. The Morgan fingerprint density at radius 3 is 2.94 bits per heavy atom. The highest BCUT2D eigenvalue weighted by atomic mass is 32.1. The molecular formula is C14H13N3S. The Bertz CT molecular complexity index is 662. The Kier molecular flexibility index (Phi) is 2.86. The number of fused-ring (bicyclic) bond motifs is 1. The van der Waals surface area contributed by atoms with Crippen molar-refractivity contribution in [3.63, 3.8) is 0 Å². The highest BCUT2D eigenvalue weighted by Gasteiger charge is 2.05. The molecule has 0 aliphatic rings. The van der Waals surface area contributed by atoms with E-state index in [0.29, 0.717) is 5.69 Å². The highest BCUT2D eigenvalue weighted by molar-refractivity contribution is 7.07. The Hall–Kier alpha value is -2.07. The molecule has 18 heavy (non-hydrogen) atoms. The molecule has 0 amide bonds. The number of thiophene rings is 1. The second kappa shape index (κ2) is 4.66. The normalized spacial score (nSPS) is 10.7. The lowest BCUT2D eigenvalue weighted by molar-refractivity contribution is 1.17. The topological polar surface area (TPSA) is 50.9 Å². The van der Waals surface area contributed by atoms with Crippen molar-refractivity contribution in [1.29, 1.82) is 0 Å². The van der Waals surface area contributed by atoms with Gasteiger partial charge in [0.15, 0.2) is 0 Å². The van der Waals surface area contributed by atoms with Crippen LogP contribution in [-0.2, 0) is 6.54 Å². The van der Waals surface area contributed by atoms with Gasteiger partial charge in [-0.1, -0.05) is 18.2 Å². The van der Waals surface area contributed by atoms with Crippen LogP contribution in [0.4, 0.5) is 11.4 Å². The highest BCUT2D eigenvalue weighted by Crippen LogP contribution is 2.28. The number of nitrogens with zero attached hydrogens (tertiary/aromatic N) is 1. The molecule has 0 aliphatic carbocycles. The molecular weight excluding hydrogens is 242 g/mol. The van der Waals surface area contributed by atoms with Crippen molar-refractivity contribution in [2.24, 2.45) is 0 Å². The standard InChI is InChI=1S/C14H13N3S/c15-12-8-16-13-4-2-1-3-11(13)14(12)17-7-10-5-6-18-9-10/h1-6,8-9H,7,15H2,(H,16,17). The number of para-hydroxylation sites is 1. The SMILES string of the molecule is Nc1cnc2ccccc2c1NCc1ccsc1. The van der Waals surface area contributed by atoms with Gasteiger partial charge in [-0.3, -0.25) is 4.98 Å². The number of benzene rings is 1. The maximum atomic E-state index is 6.00. The number of nitrogen functional groups attached to an aromatic ring is 1. The van der Waals surface area contributed by atoms with Crippen molar-refractivity contribution < 1.29 is 0 Å². The van der Waals surface area contributed by atoms with Crippen LogP contribution in [0.2, 0.25) is 0 Å². The van der Waals surface area contributed by atoms with Crippen molar-refractivity contribution in [1.82, 2.24) is 4.98 Å². The van der Waals surface area contributed by atoms with E-state index in [1.54, 1.807) is 17.5 Å². The third kappa shape index (κ3) is 2.02. The molecule has 0 bridgehead atoms. The van der Waals surface area contributed by atoms with Crippen LogP contribution in [0.25, 0.3) is 10.9 Å². The number of nitrogens with one attached hydrogen (secondary N) is 1. The predicted octanol–water partition coefficient (Wildman–Crippen LogP) is 3.49. The minimum absolute atomic E-state index is 0.684. The van der Waals surface area contributed by atoms with Crippen molar-refractivity contribution in [3.05, 3.63) is 52.9 Å². The third-order valence-corrected chi connectivity index (χ3v) is 3.59. The first-order valence-electron chi connectivity index (χ1n) is 5.73. The molecule has 0 spiro atoms. The van der Waals surface area contributed by atoms with Crippen LogP contribution in [0.3, 0.4) is 0 Å². The molecule has 3 rings (SSSR count). The maximum Gasteiger partial charge on any atom is 0.0743 e. The molecule has 90 valence electrons. The zero-order valence-corrected chi connectivity index (χ0v) is 10.6. The molecule has 0 unspecified atom stereocenters. The summed E-state index contributed by atoms with van der Waals surface area (Å²) in [6.07, 6.45) is 1.71. The lowest BCUT2D eigenvalue weighted by atomic mass is 10.1. The van der Waals surface area contributed by atoms with Crippen molar-refractivity contribution in [2.75, 3.05) is 11.1 Å². The monoisotopic (exact) mass is 255 g/mol. The minimum atomic E-state index is 0.684. The van der Waals surface area contributed by atoms with Gasteiger partial charge < -0.3 is 11.1 Å². The number of rotatable bonds is 3. The maximum absolute atomic E-state index is 6.00. The Labute approximate surface area is 109 Å². The van der Waals surface area contributed by atoms with E-state index in [1.165, 1.54) is 5.56 Å². The summed E-state index contributed by atoms with van der Waals surface area (Å²) in [5, 5.41) is 8.67. The molecule has 3 N–H and O–H groups in total. The summed E-state index contributed by atoms with van der Waals surface area (Å²) in [7, 11) is 0. The van der Waals surface area contributed by atoms with Gasteiger partial charge in [-0.25, -0.2) is 0 Å². The Morgan fingerprint density at radius 2 is 2.11 bits per heavy atom. The van der Waals surface area contributed by atoms with Gasteiger partial charge in [-0.05, 0) is 28.5 Å². The third-order valence-electron chi connectivity index (χ3n) is 2.85. The van der Waals surface area contributed by atoms with E-state index in [9.17, 15) is 0 Å². The molecule has 1 aromatic carbocycles. The van der Waals surface area contributed by atoms with Gasteiger partial charge in [-0.2, -0.15) is 11.3 Å². The zero-order chi connectivity index (χ0) is 12.4. The van der Waals surface area contributed by atoms with E-state index in [-0.39, 0.29) is 0 Å². The van der Waals surface area contributed by atoms with E-state index >= 15 is 0 Å². The first-order valence-corrected chi connectivity index (χ1v) is 6.67. The summed E-state index contributed by atoms with van der Waals surface area (Å²) in [6.45, 7) is 0.779. The summed E-state index contributed by atoms with van der Waals surface area (Å²) in [6, 6.07) is 10.1.